The van der Waals surface area contributed by atoms with Crippen LogP contribution in [0.3, 0.4) is 0 Å². The molecular weight excluding hydrogens is 248 g/mol. The number of nitriles is 1. The van der Waals surface area contributed by atoms with Crippen molar-refractivity contribution in [1.82, 2.24) is 0 Å². The molecule has 0 heterocycles. The minimum atomic E-state index is -0.396. The normalized spacial score (nSPS) is 11.5. The van der Waals surface area contributed by atoms with Crippen molar-refractivity contribution in [2.24, 2.45) is 0 Å². The Morgan fingerprint density at radius 1 is 1.05 bits per heavy atom. The van der Waals surface area contributed by atoms with E-state index < -0.39 is 6.04 Å². The second-order valence-electron chi connectivity index (χ2n) is 4.71. The summed E-state index contributed by atoms with van der Waals surface area (Å²) in [6.07, 6.45) is 0. The van der Waals surface area contributed by atoms with Crippen molar-refractivity contribution in [2.75, 3.05) is 12.4 Å². The van der Waals surface area contributed by atoms with Crippen LogP contribution in [0.5, 0.6) is 5.75 Å². The summed E-state index contributed by atoms with van der Waals surface area (Å²) in [5.74, 6) is 0.735. The first kappa shape index (κ1) is 14.0. The Kier molecular flexibility index (Phi) is 4.27. The highest BCUT2D eigenvalue weighted by Crippen LogP contribution is 2.30. The molecule has 1 unspecified atom stereocenters. The molecule has 0 fully saturated rings. The number of ether oxygens (including phenoxy) is 1. The number of aryl methyl sites for hydroxylation is 2. The fourth-order valence-corrected chi connectivity index (χ4v) is 2.37. The van der Waals surface area contributed by atoms with E-state index in [-0.39, 0.29) is 0 Å². The summed E-state index contributed by atoms with van der Waals surface area (Å²) in [5.41, 5.74) is 4.07. The molecule has 0 aliphatic heterocycles. The molecule has 0 bridgehead atoms. The maximum absolute atomic E-state index is 9.50. The Balaban J connectivity index is 2.37. The van der Waals surface area contributed by atoms with Gasteiger partial charge in [-0.25, -0.2) is 0 Å². The van der Waals surface area contributed by atoms with Crippen LogP contribution in [-0.2, 0) is 0 Å². The van der Waals surface area contributed by atoms with Crippen LogP contribution in [0.4, 0.5) is 5.69 Å². The molecule has 2 aromatic rings. The third-order valence-electron chi connectivity index (χ3n) is 3.37. The summed E-state index contributed by atoms with van der Waals surface area (Å²) in [4.78, 5) is 0. The summed E-state index contributed by atoms with van der Waals surface area (Å²) in [6.45, 7) is 4.05. The lowest BCUT2D eigenvalue weighted by Gasteiger charge is -2.19. The van der Waals surface area contributed by atoms with Gasteiger partial charge >= 0.3 is 0 Å². The number of nitrogens with zero attached hydrogens (tertiary/aromatic N) is 1. The molecule has 2 aromatic carbocycles. The van der Waals surface area contributed by atoms with Gasteiger partial charge < -0.3 is 10.1 Å². The zero-order valence-corrected chi connectivity index (χ0v) is 12.0. The summed E-state index contributed by atoms with van der Waals surface area (Å²) < 4.78 is 5.32. The molecule has 0 saturated heterocycles. The summed E-state index contributed by atoms with van der Waals surface area (Å²) >= 11 is 0. The first-order valence-electron chi connectivity index (χ1n) is 6.52. The average Bonchev–Trinajstić information content (AvgIpc) is 2.46. The molecule has 0 aromatic heterocycles. The number of benzene rings is 2. The number of methoxy groups -OCH3 is 1. The maximum Gasteiger partial charge on any atom is 0.141 e. The Morgan fingerprint density at radius 2 is 1.70 bits per heavy atom. The number of hydrogen-bond acceptors (Lipinski definition) is 3. The van der Waals surface area contributed by atoms with Crippen molar-refractivity contribution in [2.45, 2.75) is 19.9 Å². The zero-order valence-electron chi connectivity index (χ0n) is 12.0. The highest BCUT2D eigenvalue weighted by molar-refractivity contribution is 5.59. The second-order valence-corrected chi connectivity index (χ2v) is 4.71. The molecule has 0 amide bonds. The smallest absolute Gasteiger partial charge is 0.141 e. The number of rotatable bonds is 4. The van der Waals surface area contributed by atoms with E-state index in [4.69, 9.17) is 4.74 Å². The van der Waals surface area contributed by atoms with Crippen molar-refractivity contribution in [3.05, 3.63) is 59.2 Å². The van der Waals surface area contributed by atoms with Gasteiger partial charge in [0.25, 0.3) is 0 Å². The number of anilines is 1. The van der Waals surface area contributed by atoms with Crippen molar-refractivity contribution in [3.63, 3.8) is 0 Å². The summed E-state index contributed by atoms with van der Waals surface area (Å²) in [5, 5.41) is 12.8. The van der Waals surface area contributed by atoms with Gasteiger partial charge in [-0.05, 0) is 42.7 Å². The predicted molar refractivity (Wildman–Crippen MR) is 80.9 cm³/mol. The van der Waals surface area contributed by atoms with Gasteiger partial charge in [0, 0.05) is 0 Å². The lowest BCUT2D eigenvalue weighted by Crippen LogP contribution is -2.12. The third kappa shape index (κ3) is 2.75. The fraction of sp³-hybridized carbons (Fsp3) is 0.235. The topological polar surface area (TPSA) is 45.0 Å². The summed E-state index contributed by atoms with van der Waals surface area (Å²) in [7, 11) is 1.63. The van der Waals surface area contributed by atoms with Gasteiger partial charge in [0.2, 0.25) is 0 Å². The molecule has 102 valence electrons. The van der Waals surface area contributed by atoms with Crippen molar-refractivity contribution in [3.8, 4) is 11.8 Å². The van der Waals surface area contributed by atoms with Gasteiger partial charge in [0.1, 0.15) is 11.8 Å². The van der Waals surface area contributed by atoms with Crippen molar-refractivity contribution >= 4 is 5.69 Å². The van der Waals surface area contributed by atoms with Crippen LogP contribution in [0.2, 0.25) is 0 Å². The molecule has 3 nitrogen and oxygen atoms in total. The highest BCUT2D eigenvalue weighted by atomic mass is 16.5. The molecular formula is C17H18N2O. The molecule has 2 rings (SSSR count). The minimum Gasteiger partial charge on any atom is -0.495 e. The van der Waals surface area contributed by atoms with Gasteiger partial charge in [-0.1, -0.05) is 30.3 Å². The molecule has 0 aliphatic carbocycles. The number of para-hydroxylation sites is 2. The minimum absolute atomic E-state index is 0.396. The molecule has 0 spiro atoms. The standard InChI is InChI=1S/C17H18N2O/c1-12-7-6-8-13(2)17(12)15(11-18)19-14-9-4-5-10-16(14)20-3/h4-10,15,19H,1-3H3. The average molecular weight is 266 g/mol. The van der Waals surface area contributed by atoms with Crippen LogP contribution in [-0.4, -0.2) is 7.11 Å². The molecule has 20 heavy (non-hydrogen) atoms. The van der Waals surface area contributed by atoms with Crippen LogP contribution >= 0.6 is 0 Å². The fourth-order valence-electron chi connectivity index (χ4n) is 2.37. The van der Waals surface area contributed by atoms with E-state index in [1.54, 1.807) is 7.11 Å². The SMILES string of the molecule is COc1ccccc1NC(C#N)c1c(C)cccc1C. The van der Waals surface area contributed by atoms with Crippen LogP contribution in [0.25, 0.3) is 0 Å². The summed E-state index contributed by atoms with van der Waals surface area (Å²) in [6, 6.07) is 15.6. The van der Waals surface area contributed by atoms with Gasteiger partial charge in [0.05, 0.1) is 18.9 Å². The molecule has 0 aliphatic rings. The van der Waals surface area contributed by atoms with E-state index in [1.807, 2.05) is 56.3 Å². The second kappa shape index (κ2) is 6.12. The Hall–Kier alpha value is -2.47. The van der Waals surface area contributed by atoms with E-state index in [0.29, 0.717) is 0 Å². The van der Waals surface area contributed by atoms with Crippen LogP contribution in [0.1, 0.15) is 22.7 Å². The molecule has 1 atom stereocenters. The monoisotopic (exact) mass is 266 g/mol. The Bertz CT molecular complexity index is 623. The Labute approximate surface area is 119 Å². The van der Waals surface area contributed by atoms with E-state index in [2.05, 4.69) is 11.4 Å². The largest absolute Gasteiger partial charge is 0.495 e. The van der Waals surface area contributed by atoms with E-state index in [9.17, 15) is 5.26 Å². The Morgan fingerprint density at radius 3 is 2.30 bits per heavy atom. The van der Waals surface area contributed by atoms with E-state index in [0.717, 1.165) is 28.1 Å². The maximum atomic E-state index is 9.50. The number of hydrogen-bond donors (Lipinski definition) is 1. The first-order valence-corrected chi connectivity index (χ1v) is 6.52. The third-order valence-corrected chi connectivity index (χ3v) is 3.37. The van der Waals surface area contributed by atoms with Gasteiger partial charge in [-0.3, -0.25) is 0 Å². The van der Waals surface area contributed by atoms with Crippen LogP contribution in [0.15, 0.2) is 42.5 Å². The zero-order chi connectivity index (χ0) is 14.5. The molecule has 0 saturated carbocycles. The molecule has 0 radical (unpaired) electrons. The highest BCUT2D eigenvalue weighted by Gasteiger charge is 2.16. The van der Waals surface area contributed by atoms with Gasteiger partial charge in [0.15, 0.2) is 0 Å². The van der Waals surface area contributed by atoms with Crippen molar-refractivity contribution < 1.29 is 4.74 Å². The van der Waals surface area contributed by atoms with E-state index >= 15 is 0 Å². The quantitative estimate of drug-likeness (QED) is 0.910. The van der Waals surface area contributed by atoms with Crippen molar-refractivity contribution in [1.29, 1.82) is 5.26 Å². The van der Waals surface area contributed by atoms with Gasteiger partial charge in [-0.2, -0.15) is 5.26 Å². The predicted octanol–water partition coefficient (Wildman–Crippen LogP) is 3.99. The molecule has 1 N–H and O–H groups in total. The van der Waals surface area contributed by atoms with Gasteiger partial charge in [-0.15, -0.1) is 0 Å². The lowest BCUT2D eigenvalue weighted by molar-refractivity contribution is 0.416. The molecule has 3 heteroatoms. The number of nitrogens with one attached hydrogen (secondary N) is 1. The first-order chi connectivity index (χ1) is 9.67. The lowest BCUT2D eigenvalue weighted by atomic mass is 9.96. The van der Waals surface area contributed by atoms with Crippen LogP contribution < -0.4 is 10.1 Å². The van der Waals surface area contributed by atoms with E-state index in [1.165, 1.54) is 0 Å². The van der Waals surface area contributed by atoms with Crippen LogP contribution in [0, 0.1) is 25.2 Å².